The van der Waals surface area contributed by atoms with Gasteiger partial charge in [-0.25, -0.2) is 58.5 Å². The second-order valence-electron chi connectivity index (χ2n) is 33.0. The topological polar surface area (TPSA) is 338 Å². The summed E-state index contributed by atoms with van der Waals surface area (Å²) in [7, 11) is 3.85. The van der Waals surface area contributed by atoms with Gasteiger partial charge >= 0.3 is 36.4 Å². The molecule has 0 bridgehead atoms. The second-order valence-corrected chi connectivity index (χ2v) is 44.5. The van der Waals surface area contributed by atoms with Gasteiger partial charge in [-0.05, 0) is 178 Å². The van der Waals surface area contributed by atoms with E-state index in [1.54, 1.807) is 113 Å². The lowest BCUT2D eigenvalue weighted by Gasteiger charge is -2.36. The van der Waals surface area contributed by atoms with Gasteiger partial charge in [-0.2, -0.15) is 9.80 Å². The molecule has 6 rings (SSSR count). The fourth-order valence-corrected chi connectivity index (χ4v) is 12.6. The minimum absolute atomic E-state index is 0.00815. The molecule has 2 aromatic heterocycles. The third kappa shape index (κ3) is 27.3. The molecule has 117 heavy (non-hydrogen) atoms. The third-order valence-corrected chi connectivity index (χ3v) is 27.9. The number of halogens is 5. The van der Waals surface area contributed by atoms with Crippen molar-refractivity contribution in [2.45, 2.75) is 197 Å². The number of nitrogens with one attached hydrogen (secondary N) is 1. The minimum atomic E-state index is -2.17. The zero-order valence-corrected chi connectivity index (χ0v) is 77.5. The van der Waals surface area contributed by atoms with Gasteiger partial charge in [0.05, 0.1) is 64.4 Å². The van der Waals surface area contributed by atoms with Crippen LogP contribution in [0.2, 0.25) is 56.4 Å². The van der Waals surface area contributed by atoms with Crippen molar-refractivity contribution < 1.29 is 85.1 Å². The second kappa shape index (κ2) is 40.3. The number of carbonyl (C=O) groups excluding carboxylic acids is 8. The molecule has 0 aliphatic rings. The van der Waals surface area contributed by atoms with E-state index in [0.29, 0.717) is 16.4 Å². The van der Waals surface area contributed by atoms with Crippen LogP contribution in [0.25, 0.3) is 0 Å². The Hall–Kier alpha value is -9.52. The molecule has 37 heteroatoms. The number of allylic oxidation sites excluding steroid dienone is 1. The van der Waals surface area contributed by atoms with Crippen LogP contribution in [0.3, 0.4) is 0 Å². The predicted molar refractivity (Wildman–Crippen MR) is 466 cm³/mol. The van der Waals surface area contributed by atoms with Crippen molar-refractivity contribution in [3.8, 4) is 23.0 Å². The summed E-state index contributed by atoms with van der Waals surface area (Å²) in [4.78, 5) is 130. The van der Waals surface area contributed by atoms with E-state index in [1.807, 2.05) is 6.07 Å². The number of rotatable bonds is 21. The molecule has 640 valence electrons. The van der Waals surface area contributed by atoms with E-state index in [9.17, 15) is 38.4 Å². The number of anilines is 10. The van der Waals surface area contributed by atoms with E-state index in [0.717, 1.165) is 50.6 Å². The van der Waals surface area contributed by atoms with E-state index in [1.165, 1.54) is 71.7 Å². The molecule has 0 saturated carbocycles. The van der Waals surface area contributed by atoms with E-state index in [2.05, 4.69) is 106 Å². The Labute approximate surface area is 712 Å². The molecule has 2 heterocycles. The van der Waals surface area contributed by atoms with Crippen LogP contribution < -0.4 is 59.4 Å². The van der Waals surface area contributed by atoms with Gasteiger partial charge in [0, 0.05) is 38.4 Å². The van der Waals surface area contributed by atoms with Crippen molar-refractivity contribution in [2.75, 3.05) is 83.0 Å². The maximum absolute atomic E-state index is 14.5. The highest BCUT2D eigenvalue weighted by atomic mass is 35.5. The van der Waals surface area contributed by atoms with Crippen LogP contribution in [0, 0.1) is 0 Å². The molecule has 30 nitrogen and oxygen atoms in total. The van der Waals surface area contributed by atoms with Crippen molar-refractivity contribution in [3.63, 3.8) is 0 Å². The molecular weight excluding hydrogens is 1650 g/mol. The molecule has 0 fully saturated rings. The predicted octanol–water partition coefficient (Wildman–Crippen LogP) is 21.4. The van der Waals surface area contributed by atoms with Crippen LogP contribution in [0.4, 0.5) is 86.2 Å². The summed E-state index contributed by atoms with van der Waals surface area (Å²) in [5, 5.41) is 1.53. The number of nitrogens with two attached hydrogens (primary N) is 1. The quantitative estimate of drug-likeness (QED) is 0.0222. The lowest BCUT2D eigenvalue weighted by molar-refractivity contribution is -0.112. The molecule has 9 amide bonds. The number of urea groups is 2. The highest BCUT2D eigenvalue weighted by Gasteiger charge is 2.43. The lowest BCUT2D eigenvalue weighted by atomic mass is 10.1. The SMILES string of the molecule is C=CC(=O)Cl.C=CC(=O)Nc1cc(CO[Si](C)(C)C(C)(C)C)ccc1N(C(=O)OC(C)(C)C)c1cc(N(C)C(=O)N(C(=O)OC(C)(C)C)c2c(Cl)c(OC)cc(OC)c2Cl)ncn1.COc1cc(OC)c(Cl)c(N(C(=O)OC(C)(C)C)C(=O)N(C)c2cc(N(C(=O)OC(C)(C)C)c3ccc(CO[Si](C)(C)C(C)(C)C)cc3N)ncn2)c1Cl. The van der Waals surface area contributed by atoms with Gasteiger partial charge in [0.25, 0.3) is 0 Å². The van der Waals surface area contributed by atoms with Crippen molar-refractivity contribution in [1.82, 2.24) is 19.9 Å². The van der Waals surface area contributed by atoms with Crippen LogP contribution >= 0.6 is 58.0 Å². The van der Waals surface area contributed by atoms with E-state index in [4.69, 9.17) is 110 Å². The zero-order chi connectivity index (χ0) is 89.6. The molecule has 0 unspecified atom stereocenters. The first-order valence-electron chi connectivity index (χ1n) is 36.2. The van der Waals surface area contributed by atoms with Gasteiger partial charge in [-0.1, -0.05) is 113 Å². The average Bonchev–Trinajstić information content (AvgIpc) is 0.782. The molecule has 4 aromatic carbocycles. The van der Waals surface area contributed by atoms with Gasteiger partial charge < -0.3 is 57.8 Å². The molecule has 0 saturated heterocycles. The third-order valence-electron chi connectivity index (χ3n) is 17.3. The number of nitrogen functional groups attached to an aromatic ring is 1. The zero-order valence-electron chi connectivity index (χ0n) is 71.7. The number of amides is 9. The minimum Gasteiger partial charge on any atom is -0.495 e. The molecule has 0 aliphatic heterocycles. The Balaban J connectivity index is 0.000000466. The smallest absolute Gasteiger partial charge is 0.423 e. The number of ether oxygens (including phenoxy) is 8. The molecule has 3 N–H and O–H groups in total. The van der Waals surface area contributed by atoms with Gasteiger partial charge in [0.15, 0.2) is 16.6 Å². The van der Waals surface area contributed by atoms with Gasteiger partial charge in [-0.3, -0.25) is 19.4 Å². The number of hydrogen-bond donors (Lipinski definition) is 2. The fourth-order valence-electron chi connectivity index (χ4n) is 9.32. The summed E-state index contributed by atoms with van der Waals surface area (Å²) < 4.78 is 57.2. The maximum Gasteiger partial charge on any atom is 0.423 e. The van der Waals surface area contributed by atoms with Crippen molar-refractivity contribution in [1.29, 1.82) is 0 Å². The first kappa shape index (κ1) is 99.8. The Morgan fingerprint density at radius 3 is 1.04 bits per heavy atom. The van der Waals surface area contributed by atoms with Crippen LogP contribution in [0.15, 0.2) is 98.6 Å². The normalized spacial score (nSPS) is 11.8. The van der Waals surface area contributed by atoms with Crippen LogP contribution in [-0.2, 0) is 50.6 Å². The van der Waals surface area contributed by atoms with Crippen LogP contribution in [-0.4, -0.2) is 149 Å². The number of methoxy groups -OCH3 is 4. The average molecular weight is 1760 g/mol. The molecule has 0 aliphatic carbocycles. The van der Waals surface area contributed by atoms with Crippen LogP contribution in [0.1, 0.15) is 136 Å². The maximum atomic E-state index is 14.5. The summed E-state index contributed by atoms with van der Waals surface area (Å²) >= 11 is 31.4. The molecular formula is C80H109Cl5N12O18Si2. The highest BCUT2D eigenvalue weighted by Crippen LogP contribution is 2.50. The summed E-state index contributed by atoms with van der Waals surface area (Å²) in [6.45, 7) is 48.7. The molecule has 6 aromatic rings. The Kier molecular flexibility index (Phi) is 34.4. The Morgan fingerprint density at radius 1 is 0.453 bits per heavy atom. The summed E-state index contributed by atoms with van der Waals surface area (Å²) in [5.41, 5.74) is 4.52. The first-order valence-corrected chi connectivity index (χ1v) is 43.9. The summed E-state index contributed by atoms with van der Waals surface area (Å²) in [6, 6.07) is 13.8. The van der Waals surface area contributed by atoms with Crippen LogP contribution in [0.5, 0.6) is 23.0 Å². The number of imide groups is 2. The first-order chi connectivity index (χ1) is 53.6. The van der Waals surface area contributed by atoms with Crippen molar-refractivity contribution in [3.05, 3.63) is 130 Å². The number of hydrogen-bond acceptors (Lipinski definition) is 23. The number of benzene rings is 4. The lowest BCUT2D eigenvalue weighted by Crippen LogP contribution is -2.48. The standard InChI is InChI=1S/C40H54Cl2N6O9Si.C37H52Cl2N6O8Si.C3H3ClO/c1-16-31(49)45-25-19-24(22-55-58(14,15)40(8,9)10)17-18-26(25)47(36(51)56-38(2,3)4)30-21-29(43-23-44-30)46(11)35(50)48(37(52)57-39(5,6)7)34-32(41)27(53-12)20-28(54-13)33(34)42;1-35(2,3)52-33(47)44(24-16-15-22(17-23(24)40)20-51-54(13,14)37(7,8)9)28-19-27(41-21-42-28)43(10)32(46)45(34(48)53-36(4,5)6)31-29(38)25(49-11)18-26(50-12)30(31)39;1-2-3(4)5/h16-21,23H,1,22H2,2-15H3,(H,45,49);15-19,21H,20,40H2,1-14H3;2H,1H2. The van der Waals surface area contributed by atoms with Gasteiger partial charge in [-0.15, -0.1) is 0 Å². The van der Waals surface area contributed by atoms with Crippen molar-refractivity contribution >= 4 is 180 Å². The van der Waals surface area contributed by atoms with E-state index < -0.39 is 86.6 Å². The fraction of sp³-hybridized carbons (Fsp3) is 0.450. The Bertz CT molecular complexity index is 4590. The molecule has 0 radical (unpaired) electrons. The summed E-state index contributed by atoms with van der Waals surface area (Å²) in [6.07, 6.45) is 0.496. The molecule has 0 spiro atoms. The highest BCUT2D eigenvalue weighted by molar-refractivity contribution is 6.74. The number of nitrogens with zero attached hydrogens (tertiary/aromatic N) is 10. The van der Waals surface area contributed by atoms with Crippen molar-refractivity contribution in [2.24, 2.45) is 0 Å². The van der Waals surface area contributed by atoms with E-state index in [-0.39, 0.29) is 117 Å². The monoisotopic (exact) mass is 1760 g/mol. The van der Waals surface area contributed by atoms with Gasteiger partial charge in [0.2, 0.25) is 11.1 Å². The molecule has 0 atom stereocenters. The number of aromatic nitrogens is 4. The summed E-state index contributed by atoms with van der Waals surface area (Å²) in [5.74, 6) is -0.478. The Morgan fingerprint density at radius 2 is 0.752 bits per heavy atom. The van der Waals surface area contributed by atoms with Gasteiger partial charge in [0.1, 0.15) is 113 Å². The van der Waals surface area contributed by atoms with E-state index >= 15 is 0 Å². The number of carbonyl (C=O) groups is 8. The largest absolute Gasteiger partial charge is 0.495 e.